The van der Waals surface area contributed by atoms with E-state index in [9.17, 15) is 9.59 Å². The van der Waals surface area contributed by atoms with Gasteiger partial charge in [0.05, 0.1) is 18.9 Å². The fraction of sp³-hybridized carbons (Fsp3) is 0.304. The Kier molecular flexibility index (Phi) is 4.94. The number of rotatable bonds is 4. The van der Waals surface area contributed by atoms with E-state index in [0.717, 1.165) is 35.4 Å². The van der Waals surface area contributed by atoms with Gasteiger partial charge in [0.15, 0.2) is 11.5 Å². The molecule has 7 nitrogen and oxygen atoms in total. The van der Waals surface area contributed by atoms with Gasteiger partial charge in [0.2, 0.25) is 5.76 Å². The van der Waals surface area contributed by atoms with Gasteiger partial charge >= 0.3 is 5.97 Å². The highest BCUT2D eigenvalue weighted by atomic mass is 32.1. The molecule has 2 aliphatic rings. The first-order valence-corrected chi connectivity index (χ1v) is 11.0. The Hall–Kier alpha value is -3.26. The van der Waals surface area contributed by atoms with Gasteiger partial charge in [0.1, 0.15) is 11.2 Å². The number of benzene rings is 1. The number of amides is 1. The third-order valence-electron chi connectivity index (χ3n) is 5.74. The van der Waals surface area contributed by atoms with Crippen molar-refractivity contribution in [3.8, 4) is 11.5 Å². The van der Waals surface area contributed by atoms with Crippen molar-refractivity contribution < 1.29 is 23.5 Å². The van der Waals surface area contributed by atoms with E-state index >= 15 is 0 Å². The van der Waals surface area contributed by atoms with Crippen LogP contribution >= 0.6 is 11.3 Å². The number of methoxy groups -OCH3 is 1. The zero-order chi connectivity index (χ0) is 21.5. The molecular weight excluding hydrogens is 416 g/mol. The molecule has 2 aromatic heterocycles. The smallest absolute Gasteiger partial charge is 0.379 e. The first kappa shape index (κ1) is 19.7. The van der Waals surface area contributed by atoms with Gasteiger partial charge in [0.25, 0.3) is 5.91 Å². The highest BCUT2D eigenvalue weighted by Gasteiger charge is 2.33. The van der Waals surface area contributed by atoms with Gasteiger partial charge in [-0.3, -0.25) is 4.79 Å². The highest BCUT2D eigenvalue weighted by Crippen LogP contribution is 2.43. The van der Waals surface area contributed by atoms with Gasteiger partial charge in [-0.05, 0) is 60.6 Å². The van der Waals surface area contributed by atoms with E-state index < -0.39 is 12.1 Å². The van der Waals surface area contributed by atoms with E-state index in [2.05, 4.69) is 17.6 Å². The maximum Gasteiger partial charge on any atom is 0.379 e. The summed E-state index contributed by atoms with van der Waals surface area (Å²) >= 11 is 1.68. The van der Waals surface area contributed by atoms with Crippen LogP contribution in [0.2, 0.25) is 0 Å². The Morgan fingerprint density at radius 1 is 1.23 bits per heavy atom. The molecule has 0 unspecified atom stereocenters. The Morgan fingerprint density at radius 3 is 2.87 bits per heavy atom. The van der Waals surface area contributed by atoms with Crippen molar-refractivity contribution >= 4 is 28.2 Å². The van der Waals surface area contributed by atoms with E-state index in [1.165, 1.54) is 29.9 Å². The van der Waals surface area contributed by atoms with Crippen LogP contribution in [0, 0.1) is 5.92 Å². The number of furan rings is 1. The van der Waals surface area contributed by atoms with Crippen LogP contribution in [0.25, 0.3) is 0 Å². The summed E-state index contributed by atoms with van der Waals surface area (Å²) in [6.45, 7) is 2.25. The van der Waals surface area contributed by atoms with Crippen LogP contribution in [0.3, 0.4) is 0 Å². The first-order chi connectivity index (χ1) is 15.0. The van der Waals surface area contributed by atoms with Gasteiger partial charge in [-0.15, -0.1) is 11.3 Å². The fourth-order valence-corrected chi connectivity index (χ4v) is 5.56. The van der Waals surface area contributed by atoms with Crippen molar-refractivity contribution in [2.24, 2.45) is 5.92 Å². The lowest BCUT2D eigenvalue weighted by molar-refractivity contribution is 0.0696. The van der Waals surface area contributed by atoms with Gasteiger partial charge in [-0.1, -0.05) is 13.0 Å². The van der Waals surface area contributed by atoms with E-state index in [0.29, 0.717) is 11.7 Å². The second-order valence-corrected chi connectivity index (χ2v) is 8.99. The van der Waals surface area contributed by atoms with Crippen LogP contribution in [0.4, 0.5) is 5.00 Å². The van der Waals surface area contributed by atoms with Gasteiger partial charge < -0.3 is 24.5 Å². The first-order valence-electron chi connectivity index (χ1n) is 10.2. The van der Waals surface area contributed by atoms with Gasteiger partial charge in [-0.25, -0.2) is 4.79 Å². The van der Waals surface area contributed by atoms with Gasteiger partial charge in [0, 0.05) is 4.88 Å². The maximum atomic E-state index is 12.9. The molecule has 1 aliphatic carbocycles. The average Bonchev–Trinajstić information content (AvgIpc) is 3.41. The van der Waals surface area contributed by atoms with E-state index in [1.807, 2.05) is 0 Å². The molecule has 5 rings (SSSR count). The Labute approximate surface area is 183 Å². The monoisotopic (exact) mass is 438 g/mol. The summed E-state index contributed by atoms with van der Waals surface area (Å²) in [6.07, 6.45) is 4.09. The zero-order valence-electron chi connectivity index (χ0n) is 17.2. The van der Waals surface area contributed by atoms with Crippen LogP contribution in [0.1, 0.15) is 56.4 Å². The van der Waals surface area contributed by atoms with Gasteiger partial charge in [-0.2, -0.15) is 0 Å². The molecule has 0 fully saturated rings. The SMILES string of the molecule is COc1cc([C@@H]2NC(=O)c3c(sc4c3CC[C@H](C)C4)N2)ccc1OC(=O)c1ccco1. The summed E-state index contributed by atoms with van der Waals surface area (Å²) in [6, 6.07) is 8.35. The van der Waals surface area contributed by atoms with Crippen LogP contribution in [-0.4, -0.2) is 19.0 Å². The van der Waals surface area contributed by atoms with Crippen molar-refractivity contribution in [3.63, 3.8) is 0 Å². The van der Waals surface area contributed by atoms with Crippen molar-refractivity contribution in [1.82, 2.24) is 5.32 Å². The molecule has 3 heterocycles. The molecule has 160 valence electrons. The van der Waals surface area contributed by atoms with E-state index in [-0.39, 0.29) is 17.4 Å². The van der Waals surface area contributed by atoms with E-state index in [1.54, 1.807) is 35.6 Å². The number of fused-ring (bicyclic) bond motifs is 3. The number of anilines is 1. The molecule has 8 heteroatoms. The zero-order valence-corrected chi connectivity index (χ0v) is 18.0. The topological polar surface area (TPSA) is 89.8 Å². The lowest BCUT2D eigenvalue weighted by Crippen LogP contribution is -2.38. The Bertz CT molecular complexity index is 1150. The molecular formula is C23H22N2O5S. The van der Waals surface area contributed by atoms with Crippen LogP contribution < -0.4 is 20.1 Å². The normalized spacial score (nSPS) is 19.6. The van der Waals surface area contributed by atoms with E-state index in [4.69, 9.17) is 13.9 Å². The van der Waals surface area contributed by atoms with Crippen molar-refractivity contribution in [1.29, 1.82) is 0 Å². The van der Waals surface area contributed by atoms with Crippen LogP contribution in [0.5, 0.6) is 11.5 Å². The maximum absolute atomic E-state index is 12.9. The van der Waals surface area contributed by atoms with Crippen LogP contribution in [0.15, 0.2) is 41.0 Å². The minimum absolute atomic E-state index is 0.0573. The minimum atomic E-state index is -0.608. The Balaban J connectivity index is 1.40. The fourth-order valence-electron chi connectivity index (χ4n) is 4.12. The molecule has 31 heavy (non-hydrogen) atoms. The third-order valence-corrected chi connectivity index (χ3v) is 6.92. The van der Waals surface area contributed by atoms with Crippen LogP contribution in [-0.2, 0) is 12.8 Å². The number of thiophene rings is 1. The molecule has 2 atom stereocenters. The molecule has 0 saturated carbocycles. The number of hydrogen-bond donors (Lipinski definition) is 2. The molecule has 1 amide bonds. The molecule has 1 aliphatic heterocycles. The summed E-state index contributed by atoms with van der Waals surface area (Å²) in [7, 11) is 1.50. The molecule has 0 radical (unpaired) electrons. The summed E-state index contributed by atoms with van der Waals surface area (Å²) in [5.41, 5.74) is 2.78. The van der Waals surface area contributed by atoms with Crippen molar-refractivity contribution in [2.75, 3.05) is 12.4 Å². The lowest BCUT2D eigenvalue weighted by atomic mass is 9.88. The lowest BCUT2D eigenvalue weighted by Gasteiger charge is -2.27. The second kappa shape index (κ2) is 7.77. The highest BCUT2D eigenvalue weighted by molar-refractivity contribution is 7.16. The summed E-state index contributed by atoms with van der Waals surface area (Å²) in [5.74, 6) is 0.749. The number of nitrogens with one attached hydrogen (secondary N) is 2. The number of carbonyl (C=O) groups excluding carboxylic acids is 2. The predicted octanol–water partition coefficient (Wildman–Crippen LogP) is 4.55. The second-order valence-electron chi connectivity index (χ2n) is 7.88. The summed E-state index contributed by atoms with van der Waals surface area (Å²) in [4.78, 5) is 26.4. The summed E-state index contributed by atoms with van der Waals surface area (Å²) < 4.78 is 15.9. The standard InChI is InChI=1S/C23H22N2O5S/c1-12-5-7-14-18(10-12)31-22-19(14)21(26)24-20(25-22)13-6-8-15(17(11-13)28-2)30-23(27)16-4-3-9-29-16/h3-4,6,8-9,11-12,20,25H,5,7,10H2,1-2H3,(H,24,26)/t12-,20+/m0/s1. The number of hydrogen-bond acceptors (Lipinski definition) is 7. The molecule has 1 aromatic carbocycles. The molecule has 0 saturated heterocycles. The third kappa shape index (κ3) is 3.57. The average molecular weight is 439 g/mol. The summed E-state index contributed by atoms with van der Waals surface area (Å²) in [5, 5.41) is 7.42. The number of esters is 1. The predicted molar refractivity (Wildman–Crippen MR) is 116 cm³/mol. The largest absolute Gasteiger partial charge is 0.493 e. The van der Waals surface area contributed by atoms with Crippen molar-refractivity contribution in [2.45, 2.75) is 32.4 Å². The number of carbonyl (C=O) groups is 2. The molecule has 2 N–H and O–H groups in total. The Morgan fingerprint density at radius 2 is 2.10 bits per heavy atom. The minimum Gasteiger partial charge on any atom is -0.493 e. The molecule has 0 bridgehead atoms. The number of ether oxygens (including phenoxy) is 2. The van der Waals surface area contributed by atoms with Crippen molar-refractivity contribution in [3.05, 3.63) is 63.9 Å². The molecule has 0 spiro atoms. The quantitative estimate of drug-likeness (QED) is 0.459. The molecule has 3 aromatic rings.